The highest BCUT2D eigenvalue weighted by molar-refractivity contribution is 6.00. The second-order valence-electron chi connectivity index (χ2n) is 19.7. The lowest BCUT2D eigenvalue weighted by Crippen LogP contribution is -2.27. The molecule has 77 heavy (non-hydrogen) atoms. The van der Waals surface area contributed by atoms with Crippen LogP contribution in [-0.4, -0.2) is 0 Å². The third-order valence-electron chi connectivity index (χ3n) is 15.4. The SMILES string of the molecule is c1ccc(N(c2ccccc2)c2ccc3c(c2)-c2cc(N(c4ccccc4)c4ccccc4)ccc2C32c3cc(N(c4ccccc4)c4ccccc4)ccc3-c3ccc(N(c4ccccc4)c4ccccc4)cc32)cc1. The summed E-state index contributed by atoms with van der Waals surface area (Å²) in [5.41, 5.74) is 22.1. The van der Waals surface area contributed by atoms with E-state index in [0.717, 1.165) is 68.2 Å². The van der Waals surface area contributed by atoms with Crippen LogP contribution in [0.2, 0.25) is 0 Å². The molecule has 0 saturated heterocycles. The Hall–Kier alpha value is -10.2. The third kappa shape index (κ3) is 7.77. The first kappa shape index (κ1) is 45.5. The van der Waals surface area contributed by atoms with Crippen LogP contribution in [0.1, 0.15) is 22.3 Å². The molecule has 0 N–H and O–H groups in total. The first-order valence-electron chi connectivity index (χ1n) is 26.4. The number of benzene rings is 12. The first-order valence-corrected chi connectivity index (χ1v) is 26.4. The first-order chi connectivity index (χ1) is 38.2. The van der Waals surface area contributed by atoms with Crippen LogP contribution in [0.15, 0.2) is 315 Å². The number of para-hydroxylation sites is 8. The maximum absolute atomic E-state index is 2.49. The molecule has 0 saturated carbocycles. The molecule has 2 aliphatic rings. The predicted molar refractivity (Wildman–Crippen MR) is 321 cm³/mol. The molecule has 0 atom stereocenters. The molecule has 2 aliphatic carbocycles. The van der Waals surface area contributed by atoms with Gasteiger partial charge in [0.2, 0.25) is 0 Å². The lowest BCUT2D eigenvalue weighted by molar-refractivity contribution is 0.793. The lowest BCUT2D eigenvalue weighted by Gasteiger charge is -2.34. The number of fused-ring (bicyclic) bond motifs is 10. The number of hydrogen-bond acceptors (Lipinski definition) is 4. The quantitative estimate of drug-likeness (QED) is 0.121. The minimum absolute atomic E-state index is 0.745. The monoisotopic (exact) mass is 984 g/mol. The molecule has 0 unspecified atom stereocenters. The summed E-state index contributed by atoms with van der Waals surface area (Å²) in [6, 6.07) is 115. The fraction of sp³-hybridized carbons (Fsp3) is 0.0137. The molecule has 0 amide bonds. The van der Waals surface area contributed by atoms with Gasteiger partial charge in [0.25, 0.3) is 0 Å². The number of hydrogen-bond donors (Lipinski definition) is 0. The summed E-state index contributed by atoms with van der Waals surface area (Å²) < 4.78 is 0. The highest BCUT2D eigenvalue weighted by Gasteiger charge is 2.52. The van der Waals surface area contributed by atoms with Crippen molar-refractivity contribution in [2.75, 3.05) is 19.6 Å². The Labute approximate surface area is 450 Å². The molecule has 0 bridgehead atoms. The largest absolute Gasteiger partial charge is 0.310 e. The van der Waals surface area contributed by atoms with Crippen molar-refractivity contribution in [3.63, 3.8) is 0 Å². The van der Waals surface area contributed by atoms with Crippen molar-refractivity contribution in [3.8, 4) is 22.3 Å². The molecule has 12 aromatic carbocycles. The number of nitrogens with zero attached hydrogens (tertiary/aromatic N) is 4. The second kappa shape index (κ2) is 19.3. The summed E-state index contributed by atoms with van der Waals surface area (Å²) in [6.07, 6.45) is 0. The van der Waals surface area contributed by atoms with Crippen LogP contribution in [0.3, 0.4) is 0 Å². The van der Waals surface area contributed by atoms with E-state index < -0.39 is 5.41 Å². The van der Waals surface area contributed by atoms with Gasteiger partial charge in [0.05, 0.1) is 5.41 Å². The fourth-order valence-electron chi connectivity index (χ4n) is 12.2. The minimum atomic E-state index is -0.745. The maximum atomic E-state index is 2.49. The van der Waals surface area contributed by atoms with Crippen molar-refractivity contribution in [2.45, 2.75) is 5.41 Å². The second-order valence-corrected chi connectivity index (χ2v) is 19.7. The van der Waals surface area contributed by atoms with Gasteiger partial charge >= 0.3 is 0 Å². The van der Waals surface area contributed by atoms with Crippen LogP contribution in [0.25, 0.3) is 22.3 Å². The Morgan fingerprint density at radius 2 is 0.364 bits per heavy atom. The molecule has 0 radical (unpaired) electrons. The minimum Gasteiger partial charge on any atom is -0.310 e. The summed E-state index contributed by atoms with van der Waals surface area (Å²) in [4.78, 5) is 9.56. The fourth-order valence-corrected chi connectivity index (χ4v) is 12.2. The maximum Gasteiger partial charge on any atom is 0.0727 e. The van der Waals surface area contributed by atoms with E-state index in [0.29, 0.717) is 0 Å². The van der Waals surface area contributed by atoms with E-state index in [1.807, 2.05) is 0 Å². The molecule has 0 aromatic heterocycles. The molecule has 4 heteroatoms. The van der Waals surface area contributed by atoms with Crippen LogP contribution in [0, 0.1) is 0 Å². The average molecular weight is 985 g/mol. The van der Waals surface area contributed by atoms with Crippen molar-refractivity contribution < 1.29 is 0 Å². The van der Waals surface area contributed by atoms with E-state index in [1.54, 1.807) is 0 Å². The van der Waals surface area contributed by atoms with Gasteiger partial charge in [0.1, 0.15) is 0 Å². The lowest BCUT2D eigenvalue weighted by atomic mass is 9.70. The van der Waals surface area contributed by atoms with E-state index >= 15 is 0 Å². The van der Waals surface area contributed by atoms with Gasteiger partial charge in [-0.25, -0.2) is 0 Å². The summed E-state index contributed by atoms with van der Waals surface area (Å²) in [6.45, 7) is 0. The molecule has 0 heterocycles. The van der Waals surface area contributed by atoms with Gasteiger partial charge in [-0.3, -0.25) is 0 Å². The van der Waals surface area contributed by atoms with Gasteiger partial charge in [-0.1, -0.05) is 170 Å². The van der Waals surface area contributed by atoms with Gasteiger partial charge in [-0.2, -0.15) is 0 Å². The van der Waals surface area contributed by atoms with Crippen molar-refractivity contribution in [3.05, 3.63) is 338 Å². The van der Waals surface area contributed by atoms with Gasteiger partial charge < -0.3 is 19.6 Å². The third-order valence-corrected chi connectivity index (χ3v) is 15.4. The molecular weight excluding hydrogens is 933 g/mol. The van der Waals surface area contributed by atoms with Gasteiger partial charge in [-0.15, -0.1) is 0 Å². The predicted octanol–water partition coefficient (Wildman–Crippen LogP) is 19.9. The van der Waals surface area contributed by atoms with Gasteiger partial charge in [0.15, 0.2) is 0 Å². The van der Waals surface area contributed by atoms with Crippen LogP contribution in [0.5, 0.6) is 0 Å². The molecule has 1 spiro atoms. The summed E-state index contributed by atoms with van der Waals surface area (Å²) in [7, 11) is 0. The average Bonchev–Trinajstić information content (AvgIpc) is 4.05. The molecule has 12 aromatic rings. The highest BCUT2D eigenvalue weighted by Crippen LogP contribution is 2.65. The van der Waals surface area contributed by atoms with Crippen molar-refractivity contribution in [1.82, 2.24) is 0 Å². The Morgan fingerprint density at radius 3 is 0.597 bits per heavy atom. The summed E-state index contributed by atoms with van der Waals surface area (Å²) in [5, 5.41) is 0. The Morgan fingerprint density at radius 1 is 0.156 bits per heavy atom. The van der Waals surface area contributed by atoms with E-state index in [-0.39, 0.29) is 0 Å². The molecule has 0 fully saturated rings. The number of rotatable bonds is 12. The van der Waals surface area contributed by atoms with Crippen LogP contribution in [-0.2, 0) is 5.41 Å². The van der Waals surface area contributed by atoms with E-state index in [9.17, 15) is 0 Å². The van der Waals surface area contributed by atoms with Gasteiger partial charge in [-0.05, 0) is 190 Å². The molecule has 0 aliphatic heterocycles. The Kier molecular flexibility index (Phi) is 11.4. The van der Waals surface area contributed by atoms with Crippen LogP contribution < -0.4 is 19.6 Å². The van der Waals surface area contributed by atoms with Gasteiger partial charge in [0, 0.05) is 68.2 Å². The van der Waals surface area contributed by atoms with E-state index in [1.165, 1.54) is 44.5 Å². The molecule has 364 valence electrons. The standard InChI is InChI=1S/C73H52N4/c1-9-25-53(26-10-1)74(54-27-11-2-12-28-54)61-43-47-69-67(49-61)68-50-62(75(55-29-13-3-14-30-55)56-31-15-4-16-32-56)44-48-70(68)73(69)71-51-63(76(57-33-17-5-18-34-57)58-35-19-6-20-36-58)41-45-65(71)66-46-42-64(52-72(66)73)77(59-37-21-7-22-38-59)60-39-23-8-24-40-60/h1-52H. The van der Waals surface area contributed by atoms with Crippen LogP contribution >= 0.6 is 0 Å². The van der Waals surface area contributed by atoms with Crippen molar-refractivity contribution >= 4 is 68.2 Å². The summed E-state index contributed by atoms with van der Waals surface area (Å²) in [5.74, 6) is 0. The van der Waals surface area contributed by atoms with Crippen molar-refractivity contribution in [2.24, 2.45) is 0 Å². The normalized spacial score (nSPS) is 12.3. The van der Waals surface area contributed by atoms with E-state index in [2.05, 4.69) is 335 Å². The van der Waals surface area contributed by atoms with E-state index in [4.69, 9.17) is 0 Å². The molecular formula is C73H52N4. The molecule has 4 nitrogen and oxygen atoms in total. The number of anilines is 12. The zero-order chi connectivity index (χ0) is 51.1. The molecule has 14 rings (SSSR count). The van der Waals surface area contributed by atoms with Crippen molar-refractivity contribution in [1.29, 1.82) is 0 Å². The van der Waals surface area contributed by atoms with Crippen LogP contribution in [0.4, 0.5) is 68.2 Å². The zero-order valence-electron chi connectivity index (χ0n) is 42.3. The highest BCUT2D eigenvalue weighted by atomic mass is 15.2. The Balaban J connectivity index is 1.08. The Bertz CT molecular complexity index is 3600. The smallest absolute Gasteiger partial charge is 0.0727 e. The summed E-state index contributed by atoms with van der Waals surface area (Å²) >= 11 is 0. The zero-order valence-corrected chi connectivity index (χ0v) is 42.3. The topological polar surface area (TPSA) is 13.0 Å².